The SMILES string of the molecule is Cc1ccc(C)c(N(CCCC(=O)Nc2ccc(S(=O)(=O)N3CCCCC3)cc2)S(C)(=O)=O)c1. The lowest BCUT2D eigenvalue weighted by atomic mass is 10.1. The fourth-order valence-corrected chi connectivity index (χ4v) is 6.56. The zero-order valence-corrected chi connectivity index (χ0v) is 21.6. The molecule has 1 aliphatic rings. The quantitative estimate of drug-likeness (QED) is 0.558. The van der Waals surface area contributed by atoms with Crippen LogP contribution in [0.3, 0.4) is 0 Å². The van der Waals surface area contributed by atoms with Gasteiger partial charge in [-0.25, -0.2) is 16.8 Å². The number of hydrogen-bond acceptors (Lipinski definition) is 5. The number of sulfonamides is 2. The molecule has 3 rings (SSSR count). The molecule has 34 heavy (non-hydrogen) atoms. The van der Waals surface area contributed by atoms with Crippen LogP contribution in [0.2, 0.25) is 0 Å². The topological polar surface area (TPSA) is 104 Å². The Morgan fingerprint density at radius 1 is 0.971 bits per heavy atom. The summed E-state index contributed by atoms with van der Waals surface area (Å²) in [6.45, 7) is 5.01. The third kappa shape index (κ3) is 6.58. The minimum absolute atomic E-state index is 0.130. The molecule has 186 valence electrons. The van der Waals surface area contributed by atoms with E-state index < -0.39 is 20.0 Å². The van der Waals surface area contributed by atoms with Gasteiger partial charge < -0.3 is 5.32 Å². The number of amides is 1. The molecular weight excluding hydrogens is 474 g/mol. The zero-order valence-electron chi connectivity index (χ0n) is 20.0. The Hall–Kier alpha value is -2.43. The highest BCUT2D eigenvalue weighted by Crippen LogP contribution is 2.25. The van der Waals surface area contributed by atoms with Gasteiger partial charge in [-0.2, -0.15) is 4.31 Å². The van der Waals surface area contributed by atoms with Crippen molar-refractivity contribution in [1.29, 1.82) is 0 Å². The molecule has 1 saturated heterocycles. The summed E-state index contributed by atoms with van der Waals surface area (Å²) in [6, 6.07) is 11.8. The normalized spacial score (nSPS) is 15.1. The van der Waals surface area contributed by atoms with Gasteiger partial charge in [0.1, 0.15) is 0 Å². The molecule has 1 fully saturated rings. The first-order valence-corrected chi connectivity index (χ1v) is 14.7. The molecule has 0 saturated carbocycles. The van der Waals surface area contributed by atoms with Crippen molar-refractivity contribution in [3.05, 3.63) is 53.6 Å². The van der Waals surface area contributed by atoms with Crippen LogP contribution in [0.25, 0.3) is 0 Å². The molecule has 8 nitrogen and oxygen atoms in total. The van der Waals surface area contributed by atoms with E-state index in [1.807, 2.05) is 32.0 Å². The van der Waals surface area contributed by atoms with Crippen LogP contribution in [0.5, 0.6) is 0 Å². The van der Waals surface area contributed by atoms with E-state index in [4.69, 9.17) is 0 Å². The van der Waals surface area contributed by atoms with Crippen molar-refractivity contribution in [1.82, 2.24) is 4.31 Å². The lowest BCUT2D eigenvalue weighted by Crippen LogP contribution is -2.35. The lowest BCUT2D eigenvalue weighted by molar-refractivity contribution is -0.116. The Balaban J connectivity index is 1.58. The highest BCUT2D eigenvalue weighted by molar-refractivity contribution is 7.92. The number of carbonyl (C=O) groups is 1. The van der Waals surface area contributed by atoms with Crippen molar-refractivity contribution < 1.29 is 21.6 Å². The van der Waals surface area contributed by atoms with E-state index in [1.54, 1.807) is 12.1 Å². The molecule has 0 aromatic heterocycles. The summed E-state index contributed by atoms with van der Waals surface area (Å²) in [5, 5.41) is 2.76. The third-order valence-electron chi connectivity index (χ3n) is 5.89. The molecule has 0 aliphatic carbocycles. The summed E-state index contributed by atoms with van der Waals surface area (Å²) in [6.07, 6.45) is 4.41. The number of aryl methyl sites for hydroxylation is 2. The van der Waals surface area contributed by atoms with Crippen LogP contribution in [0.1, 0.15) is 43.2 Å². The summed E-state index contributed by atoms with van der Waals surface area (Å²) in [5.74, 6) is -0.263. The molecular formula is C24H33N3O5S2. The molecule has 10 heteroatoms. The van der Waals surface area contributed by atoms with Crippen LogP contribution in [0.15, 0.2) is 47.4 Å². The second-order valence-corrected chi connectivity index (χ2v) is 12.6. The van der Waals surface area contributed by atoms with E-state index in [9.17, 15) is 21.6 Å². The first-order valence-electron chi connectivity index (χ1n) is 11.4. The Labute approximate surface area is 203 Å². The molecule has 2 aromatic carbocycles. The summed E-state index contributed by atoms with van der Waals surface area (Å²) in [4.78, 5) is 12.6. The molecule has 0 bridgehead atoms. The predicted octanol–water partition coefficient (Wildman–Crippen LogP) is 3.66. The molecule has 1 aliphatic heterocycles. The Kier molecular flexibility index (Phi) is 8.38. The molecule has 1 heterocycles. The minimum atomic E-state index is -3.52. The molecule has 0 unspecified atom stereocenters. The average Bonchev–Trinajstić information content (AvgIpc) is 2.79. The van der Waals surface area contributed by atoms with Gasteiger partial charge in [-0.3, -0.25) is 9.10 Å². The van der Waals surface area contributed by atoms with E-state index in [0.717, 1.165) is 36.6 Å². The van der Waals surface area contributed by atoms with Crippen LogP contribution in [-0.4, -0.2) is 52.9 Å². The summed E-state index contributed by atoms with van der Waals surface area (Å²) in [5.41, 5.74) is 2.92. The largest absolute Gasteiger partial charge is 0.326 e. The van der Waals surface area contributed by atoms with E-state index in [-0.39, 0.29) is 23.8 Å². The van der Waals surface area contributed by atoms with Gasteiger partial charge in [0.25, 0.3) is 0 Å². The highest BCUT2D eigenvalue weighted by atomic mass is 32.2. The van der Waals surface area contributed by atoms with Crippen molar-refractivity contribution in [2.24, 2.45) is 0 Å². The van der Waals surface area contributed by atoms with Crippen LogP contribution in [-0.2, 0) is 24.8 Å². The van der Waals surface area contributed by atoms with E-state index in [0.29, 0.717) is 30.9 Å². The molecule has 0 radical (unpaired) electrons. The second-order valence-electron chi connectivity index (χ2n) is 8.77. The van der Waals surface area contributed by atoms with Gasteiger partial charge in [0.15, 0.2) is 0 Å². The standard InChI is InChI=1S/C24H33N3O5S2/c1-19-9-10-20(2)23(18-19)27(33(3,29)30)17-7-8-24(28)25-21-11-13-22(14-12-21)34(31,32)26-15-5-4-6-16-26/h9-14,18H,4-8,15-17H2,1-3H3,(H,25,28). The van der Waals surface area contributed by atoms with Gasteiger partial charge in [0.2, 0.25) is 26.0 Å². The number of nitrogens with one attached hydrogen (secondary N) is 1. The van der Waals surface area contributed by atoms with Crippen LogP contribution >= 0.6 is 0 Å². The van der Waals surface area contributed by atoms with E-state index in [1.165, 1.54) is 20.7 Å². The maximum absolute atomic E-state index is 12.8. The van der Waals surface area contributed by atoms with Crippen LogP contribution in [0.4, 0.5) is 11.4 Å². The molecule has 1 amide bonds. The monoisotopic (exact) mass is 507 g/mol. The highest BCUT2D eigenvalue weighted by Gasteiger charge is 2.25. The summed E-state index contributed by atoms with van der Waals surface area (Å²) < 4.78 is 53.1. The smallest absolute Gasteiger partial charge is 0.243 e. The van der Waals surface area contributed by atoms with Gasteiger partial charge in [0.05, 0.1) is 16.8 Å². The number of piperidine rings is 1. The number of benzene rings is 2. The number of nitrogens with zero attached hydrogens (tertiary/aromatic N) is 2. The van der Waals surface area contributed by atoms with Crippen molar-refractivity contribution >= 4 is 37.3 Å². The van der Waals surface area contributed by atoms with Crippen molar-refractivity contribution in [2.75, 3.05) is 35.5 Å². The molecule has 0 atom stereocenters. The molecule has 1 N–H and O–H groups in total. The minimum Gasteiger partial charge on any atom is -0.326 e. The van der Waals surface area contributed by atoms with E-state index >= 15 is 0 Å². The number of hydrogen-bond donors (Lipinski definition) is 1. The van der Waals surface area contributed by atoms with Gasteiger partial charge in [0, 0.05) is 31.7 Å². The zero-order chi connectivity index (χ0) is 24.9. The average molecular weight is 508 g/mol. The molecule has 2 aromatic rings. The third-order valence-corrected chi connectivity index (χ3v) is 8.98. The van der Waals surface area contributed by atoms with Gasteiger partial charge in [-0.1, -0.05) is 18.6 Å². The predicted molar refractivity (Wildman–Crippen MR) is 135 cm³/mol. The Bertz CT molecular complexity index is 1220. The van der Waals surface area contributed by atoms with E-state index in [2.05, 4.69) is 5.32 Å². The summed E-state index contributed by atoms with van der Waals surface area (Å²) in [7, 11) is -7.02. The first-order chi connectivity index (χ1) is 16.0. The summed E-state index contributed by atoms with van der Waals surface area (Å²) >= 11 is 0. The molecule has 0 spiro atoms. The Morgan fingerprint density at radius 3 is 2.24 bits per heavy atom. The number of anilines is 2. The number of carbonyl (C=O) groups excluding carboxylic acids is 1. The van der Waals surface area contributed by atoms with Gasteiger partial charge >= 0.3 is 0 Å². The maximum atomic E-state index is 12.8. The lowest BCUT2D eigenvalue weighted by Gasteiger charge is -2.25. The second kappa shape index (κ2) is 10.9. The van der Waals surface area contributed by atoms with Crippen molar-refractivity contribution in [3.63, 3.8) is 0 Å². The van der Waals surface area contributed by atoms with Gasteiger partial charge in [-0.05, 0) is 74.6 Å². The number of rotatable bonds is 9. The van der Waals surface area contributed by atoms with Crippen LogP contribution < -0.4 is 9.62 Å². The van der Waals surface area contributed by atoms with Crippen LogP contribution in [0, 0.1) is 13.8 Å². The first kappa shape index (κ1) is 26.2. The Morgan fingerprint density at radius 2 is 1.62 bits per heavy atom. The van der Waals surface area contributed by atoms with Gasteiger partial charge in [-0.15, -0.1) is 0 Å². The fraction of sp³-hybridized carbons (Fsp3) is 0.458. The fourth-order valence-electron chi connectivity index (χ4n) is 4.02. The van der Waals surface area contributed by atoms with Crippen molar-refractivity contribution in [3.8, 4) is 0 Å². The van der Waals surface area contributed by atoms with Crippen molar-refractivity contribution in [2.45, 2.75) is 50.8 Å². The maximum Gasteiger partial charge on any atom is 0.243 e.